The number of carbonyl (C=O) groups excluding carboxylic acids is 1. The van der Waals surface area contributed by atoms with Crippen LogP contribution in [-0.4, -0.2) is 54.3 Å². The van der Waals surface area contributed by atoms with Crippen molar-refractivity contribution < 1.29 is 45.3 Å². The zero-order valence-corrected chi connectivity index (χ0v) is 9.32. The van der Waals surface area contributed by atoms with Crippen LogP contribution in [0.5, 0.6) is 0 Å². The maximum absolute atomic E-state index is 9.94. The van der Waals surface area contributed by atoms with Gasteiger partial charge in [-0.15, -0.1) is 0 Å². The molecule has 0 spiro atoms. The fraction of sp³-hybridized carbons (Fsp3) is 0.750. The number of rotatable bonds is 4. The highest BCUT2D eigenvalue weighted by atomic mass is 17.1. The summed E-state index contributed by atoms with van der Waals surface area (Å²) in [7, 11) is 0. The highest BCUT2D eigenvalue weighted by Gasteiger charge is 2.50. The number of carbonyl (C=O) groups is 2. The number of aliphatic carboxylic acids is 1. The minimum absolute atomic E-state index is 0.288. The van der Waals surface area contributed by atoms with E-state index in [1.54, 1.807) is 0 Å². The van der Waals surface area contributed by atoms with Gasteiger partial charge in [0.05, 0.1) is 0 Å². The molecule has 0 rings (SSSR count). The zero-order chi connectivity index (χ0) is 14.3. The van der Waals surface area contributed by atoms with Crippen molar-refractivity contribution in [2.75, 3.05) is 0 Å². The molecule has 0 bridgehead atoms. The Bertz CT molecular complexity index is 252. The van der Waals surface area contributed by atoms with Gasteiger partial charge in [-0.1, -0.05) is 6.92 Å². The first-order chi connectivity index (χ1) is 7.50. The molecular formula is C8H16O9. The topological polar surface area (TPSA) is 165 Å². The quantitative estimate of drug-likeness (QED) is 0.194. The van der Waals surface area contributed by atoms with E-state index in [1.807, 2.05) is 6.92 Å². The fourth-order valence-electron chi connectivity index (χ4n) is 0.452. The number of hydrogen-bond donors (Lipinski definition) is 6. The Hall–Kier alpha value is -1.26. The Morgan fingerprint density at radius 1 is 1.18 bits per heavy atom. The molecule has 0 atom stereocenters. The summed E-state index contributed by atoms with van der Waals surface area (Å²) in [6.45, 7) is 2.37. The predicted octanol–water partition coefficient (Wildman–Crippen LogP) is -1.74. The normalized spacial score (nSPS) is 11.2. The molecule has 0 radical (unpaired) electrons. The van der Waals surface area contributed by atoms with Crippen LogP contribution in [0.1, 0.15) is 26.7 Å². The van der Waals surface area contributed by atoms with Crippen molar-refractivity contribution >= 4 is 11.9 Å². The van der Waals surface area contributed by atoms with Crippen molar-refractivity contribution in [3.63, 3.8) is 0 Å². The molecule has 0 aliphatic heterocycles. The number of carboxylic acids is 1. The molecular weight excluding hydrogens is 240 g/mol. The summed E-state index contributed by atoms with van der Waals surface area (Å²) in [4.78, 5) is 23.1. The second-order valence-corrected chi connectivity index (χ2v) is 3.21. The Kier molecular flexibility index (Phi) is 7.61. The fourth-order valence-corrected chi connectivity index (χ4v) is 0.452. The zero-order valence-electron chi connectivity index (χ0n) is 9.32. The van der Waals surface area contributed by atoms with Crippen LogP contribution < -0.4 is 0 Å². The predicted molar refractivity (Wildman–Crippen MR) is 51.3 cm³/mol. The van der Waals surface area contributed by atoms with E-state index < -0.39 is 23.5 Å². The first-order valence-electron chi connectivity index (χ1n) is 4.47. The maximum atomic E-state index is 9.94. The summed E-state index contributed by atoms with van der Waals surface area (Å²) < 4.78 is 0. The Morgan fingerprint density at radius 2 is 1.59 bits per heavy atom. The minimum Gasteiger partial charge on any atom is -0.477 e. The van der Waals surface area contributed by atoms with Crippen molar-refractivity contribution in [3.8, 4) is 0 Å². The molecule has 6 N–H and O–H groups in total. The lowest BCUT2D eigenvalue weighted by Crippen LogP contribution is -2.57. The third-order valence-electron chi connectivity index (χ3n) is 1.51. The molecule has 9 heteroatoms. The molecule has 17 heavy (non-hydrogen) atoms. The van der Waals surface area contributed by atoms with Gasteiger partial charge in [-0.05, 0) is 13.3 Å². The molecule has 0 aromatic heterocycles. The average Bonchev–Trinajstić information content (AvgIpc) is 2.17. The summed E-state index contributed by atoms with van der Waals surface area (Å²) >= 11 is 0. The monoisotopic (exact) mass is 256 g/mol. The lowest BCUT2D eigenvalue weighted by molar-refractivity contribution is -0.335. The first-order valence-corrected chi connectivity index (χ1v) is 4.47. The minimum atomic E-state index is -3.53. The van der Waals surface area contributed by atoms with Crippen LogP contribution in [0.25, 0.3) is 0 Å². The van der Waals surface area contributed by atoms with Crippen molar-refractivity contribution in [1.82, 2.24) is 0 Å². The Balaban J connectivity index is 0. The van der Waals surface area contributed by atoms with E-state index in [9.17, 15) is 9.59 Å². The van der Waals surface area contributed by atoms with E-state index in [-0.39, 0.29) is 6.42 Å². The smallest absolute Gasteiger partial charge is 0.370 e. The van der Waals surface area contributed by atoms with Crippen LogP contribution in [-0.2, 0) is 14.5 Å². The van der Waals surface area contributed by atoms with E-state index in [0.717, 1.165) is 0 Å². The van der Waals surface area contributed by atoms with Gasteiger partial charge < -0.3 is 30.4 Å². The largest absolute Gasteiger partial charge is 0.477 e. The second kappa shape index (κ2) is 7.14. The third-order valence-corrected chi connectivity index (χ3v) is 1.51. The summed E-state index contributed by atoms with van der Waals surface area (Å²) in [6.07, 6.45) is 0.996. The van der Waals surface area contributed by atoms with E-state index in [0.29, 0.717) is 13.3 Å². The van der Waals surface area contributed by atoms with Gasteiger partial charge in [0.1, 0.15) is 0 Å². The SMILES string of the molecule is CC(O)(O)C(O)(O)C(=O)O.CCCC(=O)OO. The van der Waals surface area contributed by atoms with E-state index in [4.69, 9.17) is 30.8 Å². The molecule has 0 saturated heterocycles. The highest BCUT2D eigenvalue weighted by molar-refractivity contribution is 5.76. The molecule has 0 aliphatic rings. The number of hydrogen-bond acceptors (Lipinski definition) is 8. The Labute approximate surface area is 96.4 Å². The number of aliphatic hydroxyl groups is 4. The molecule has 0 aromatic rings. The van der Waals surface area contributed by atoms with Gasteiger partial charge in [-0.2, -0.15) is 5.26 Å². The molecule has 9 nitrogen and oxygen atoms in total. The second-order valence-electron chi connectivity index (χ2n) is 3.21. The van der Waals surface area contributed by atoms with Gasteiger partial charge in [0, 0.05) is 6.42 Å². The van der Waals surface area contributed by atoms with Gasteiger partial charge >= 0.3 is 17.7 Å². The van der Waals surface area contributed by atoms with Crippen LogP contribution >= 0.6 is 0 Å². The molecule has 102 valence electrons. The van der Waals surface area contributed by atoms with Crippen LogP contribution in [0.3, 0.4) is 0 Å². The van der Waals surface area contributed by atoms with Gasteiger partial charge in [0.15, 0.2) is 0 Å². The Morgan fingerprint density at radius 3 is 1.65 bits per heavy atom. The van der Waals surface area contributed by atoms with Crippen LogP contribution in [0.2, 0.25) is 0 Å². The molecule has 0 aliphatic carbocycles. The van der Waals surface area contributed by atoms with Crippen LogP contribution in [0, 0.1) is 0 Å². The van der Waals surface area contributed by atoms with E-state index >= 15 is 0 Å². The van der Waals surface area contributed by atoms with Crippen molar-refractivity contribution in [3.05, 3.63) is 0 Å². The molecule has 0 aromatic carbocycles. The molecule has 0 saturated carbocycles. The summed E-state index contributed by atoms with van der Waals surface area (Å²) in [5, 5.41) is 49.1. The van der Waals surface area contributed by atoms with Crippen molar-refractivity contribution in [1.29, 1.82) is 0 Å². The van der Waals surface area contributed by atoms with E-state index in [1.165, 1.54) is 0 Å². The van der Waals surface area contributed by atoms with Crippen LogP contribution in [0.4, 0.5) is 0 Å². The molecule has 0 amide bonds. The highest BCUT2D eigenvalue weighted by Crippen LogP contribution is 2.15. The van der Waals surface area contributed by atoms with Gasteiger partial charge in [0.2, 0.25) is 5.79 Å². The number of carboxylic acid groups (broad SMARTS) is 1. The summed E-state index contributed by atoms with van der Waals surface area (Å²) in [5.74, 6) is -9.30. The van der Waals surface area contributed by atoms with E-state index in [2.05, 4.69) is 4.89 Å². The average molecular weight is 256 g/mol. The summed E-state index contributed by atoms with van der Waals surface area (Å²) in [6, 6.07) is 0. The summed E-state index contributed by atoms with van der Waals surface area (Å²) in [5.41, 5.74) is 0. The van der Waals surface area contributed by atoms with Gasteiger partial charge in [-0.25, -0.2) is 9.59 Å². The molecule has 0 heterocycles. The molecule has 0 fully saturated rings. The lowest BCUT2D eigenvalue weighted by Gasteiger charge is -2.27. The lowest BCUT2D eigenvalue weighted by atomic mass is 10.1. The standard InChI is InChI=1S/C4H8O6.C4H8O3/c1-3(7,8)4(9,10)2(5)6;1-2-3-4(5)7-6/h7-10H,1H3,(H,5,6);6H,2-3H2,1H3. The molecule has 0 unspecified atom stereocenters. The van der Waals surface area contributed by atoms with Gasteiger partial charge in [-0.3, -0.25) is 0 Å². The van der Waals surface area contributed by atoms with Crippen molar-refractivity contribution in [2.24, 2.45) is 0 Å². The first kappa shape index (κ1) is 18.1. The maximum Gasteiger partial charge on any atom is 0.370 e. The third kappa shape index (κ3) is 6.81. The van der Waals surface area contributed by atoms with Crippen LogP contribution in [0.15, 0.2) is 0 Å². The van der Waals surface area contributed by atoms with Crippen molar-refractivity contribution in [2.45, 2.75) is 38.3 Å². The van der Waals surface area contributed by atoms with Gasteiger partial charge in [0.25, 0.3) is 0 Å².